The maximum absolute atomic E-state index is 12.7. The molecule has 0 saturated carbocycles. The normalized spacial score (nSPS) is 14.4. The standard InChI is InChI=1S/C12H12F7N/c1-7(13)5-20-6-8-2-3-9(11(14,15)16)4-10(8)12(17,18)19/h2-4,7,20H,5-6H2,1H3. The van der Waals surface area contributed by atoms with Gasteiger partial charge in [-0.2, -0.15) is 26.3 Å². The zero-order valence-electron chi connectivity index (χ0n) is 10.4. The van der Waals surface area contributed by atoms with Gasteiger partial charge in [-0.15, -0.1) is 0 Å². The lowest BCUT2D eigenvalue weighted by Gasteiger charge is -2.16. The number of rotatable bonds is 4. The van der Waals surface area contributed by atoms with Gasteiger partial charge in [0.15, 0.2) is 0 Å². The average Bonchev–Trinajstić information content (AvgIpc) is 2.25. The Kier molecular flexibility index (Phi) is 5.01. The molecule has 0 amide bonds. The summed E-state index contributed by atoms with van der Waals surface area (Å²) in [5, 5.41) is 2.42. The van der Waals surface area contributed by atoms with Crippen LogP contribution in [0.5, 0.6) is 0 Å². The summed E-state index contributed by atoms with van der Waals surface area (Å²) in [4.78, 5) is 0. The predicted molar refractivity (Wildman–Crippen MR) is 58.7 cm³/mol. The molecule has 0 aliphatic heterocycles. The van der Waals surface area contributed by atoms with E-state index >= 15 is 0 Å². The van der Waals surface area contributed by atoms with Crippen LogP contribution in [-0.4, -0.2) is 12.7 Å². The van der Waals surface area contributed by atoms with Crippen molar-refractivity contribution < 1.29 is 30.7 Å². The van der Waals surface area contributed by atoms with Gasteiger partial charge in [0.25, 0.3) is 0 Å². The van der Waals surface area contributed by atoms with E-state index in [0.29, 0.717) is 6.07 Å². The van der Waals surface area contributed by atoms with Crippen LogP contribution in [0.1, 0.15) is 23.6 Å². The molecule has 1 N–H and O–H groups in total. The molecule has 0 heterocycles. The summed E-state index contributed by atoms with van der Waals surface area (Å²) in [5.74, 6) is 0. The average molecular weight is 303 g/mol. The van der Waals surface area contributed by atoms with Crippen molar-refractivity contribution in [3.8, 4) is 0 Å². The second-order valence-electron chi connectivity index (χ2n) is 4.28. The Morgan fingerprint density at radius 3 is 2.10 bits per heavy atom. The van der Waals surface area contributed by atoms with Gasteiger partial charge >= 0.3 is 12.4 Å². The molecule has 8 heteroatoms. The maximum atomic E-state index is 12.7. The summed E-state index contributed by atoms with van der Waals surface area (Å²) in [6.45, 7) is 0.671. The highest BCUT2D eigenvalue weighted by Crippen LogP contribution is 2.37. The van der Waals surface area contributed by atoms with Gasteiger partial charge in [-0.05, 0) is 24.6 Å². The molecule has 0 saturated heterocycles. The molecule has 20 heavy (non-hydrogen) atoms. The van der Waals surface area contributed by atoms with Crippen molar-refractivity contribution >= 4 is 0 Å². The highest BCUT2D eigenvalue weighted by atomic mass is 19.4. The third-order valence-corrected chi connectivity index (χ3v) is 2.48. The Morgan fingerprint density at radius 1 is 1.05 bits per heavy atom. The lowest BCUT2D eigenvalue weighted by Crippen LogP contribution is -2.23. The van der Waals surface area contributed by atoms with Crippen molar-refractivity contribution in [3.05, 3.63) is 34.9 Å². The third-order valence-electron chi connectivity index (χ3n) is 2.48. The van der Waals surface area contributed by atoms with Crippen LogP contribution in [-0.2, 0) is 18.9 Å². The van der Waals surface area contributed by atoms with Gasteiger partial charge in [-0.3, -0.25) is 0 Å². The van der Waals surface area contributed by atoms with Crippen LogP contribution in [0.25, 0.3) is 0 Å². The molecule has 0 spiro atoms. The SMILES string of the molecule is CC(F)CNCc1ccc(C(F)(F)F)cc1C(F)(F)F. The van der Waals surface area contributed by atoms with E-state index in [0.717, 1.165) is 6.07 Å². The van der Waals surface area contributed by atoms with Crippen LogP contribution in [0.3, 0.4) is 0 Å². The highest BCUT2D eigenvalue weighted by Gasteiger charge is 2.37. The summed E-state index contributed by atoms with van der Waals surface area (Å²) < 4.78 is 88.0. The summed E-state index contributed by atoms with van der Waals surface area (Å²) in [6, 6.07) is 1.39. The van der Waals surface area contributed by atoms with E-state index < -0.39 is 29.7 Å². The Morgan fingerprint density at radius 2 is 1.65 bits per heavy atom. The van der Waals surface area contributed by atoms with Crippen LogP contribution in [0, 0.1) is 0 Å². The van der Waals surface area contributed by atoms with Gasteiger partial charge in [-0.25, -0.2) is 4.39 Å². The molecule has 1 rings (SSSR count). The molecule has 1 aromatic carbocycles. The van der Waals surface area contributed by atoms with E-state index in [-0.39, 0.29) is 24.7 Å². The van der Waals surface area contributed by atoms with Crippen molar-refractivity contribution in [1.82, 2.24) is 5.32 Å². The van der Waals surface area contributed by atoms with Crippen molar-refractivity contribution in [3.63, 3.8) is 0 Å². The molecule has 0 aliphatic carbocycles. The zero-order valence-corrected chi connectivity index (χ0v) is 10.4. The minimum absolute atomic E-state index is 0.0654. The number of benzene rings is 1. The molecule has 1 unspecified atom stereocenters. The molecular weight excluding hydrogens is 291 g/mol. The van der Waals surface area contributed by atoms with Crippen LogP contribution in [0.2, 0.25) is 0 Å². The first-order valence-corrected chi connectivity index (χ1v) is 5.64. The molecule has 1 aromatic rings. The summed E-state index contributed by atoms with van der Waals surface area (Å²) in [7, 11) is 0. The van der Waals surface area contributed by atoms with E-state index in [2.05, 4.69) is 5.32 Å². The number of halogens is 7. The van der Waals surface area contributed by atoms with Crippen LogP contribution >= 0.6 is 0 Å². The van der Waals surface area contributed by atoms with E-state index in [9.17, 15) is 30.7 Å². The lowest BCUT2D eigenvalue weighted by atomic mass is 10.0. The van der Waals surface area contributed by atoms with Crippen molar-refractivity contribution in [2.75, 3.05) is 6.54 Å². The number of nitrogens with one attached hydrogen (secondary N) is 1. The van der Waals surface area contributed by atoms with E-state index in [1.165, 1.54) is 6.92 Å². The van der Waals surface area contributed by atoms with Crippen molar-refractivity contribution in [1.29, 1.82) is 0 Å². The molecular formula is C12H12F7N. The second-order valence-corrected chi connectivity index (χ2v) is 4.28. The highest BCUT2D eigenvalue weighted by molar-refractivity contribution is 5.35. The fourth-order valence-electron chi connectivity index (χ4n) is 1.58. The van der Waals surface area contributed by atoms with Gasteiger partial charge in [0.05, 0.1) is 11.1 Å². The molecule has 0 bridgehead atoms. The molecule has 0 fully saturated rings. The summed E-state index contributed by atoms with van der Waals surface area (Å²) in [5.41, 5.74) is -3.09. The third kappa shape index (κ3) is 4.66. The first-order chi connectivity index (χ1) is 9.01. The first-order valence-electron chi connectivity index (χ1n) is 5.64. The predicted octanol–water partition coefficient (Wildman–Crippen LogP) is 4.17. The quantitative estimate of drug-likeness (QED) is 0.823. The molecule has 114 valence electrons. The van der Waals surface area contributed by atoms with Gasteiger partial charge < -0.3 is 5.32 Å². The monoisotopic (exact) mass is 303 g/mol. The van der Waals surface area contributed by atoms with Gasteiger partial charge in [0.1, 0.15) is 6.17 Å². The topological polar surface area (TPSA) is 12.0 Å². The maximum Gasteiger partial charge on any atom is 0.416 e. The lowest BCUT2D eigenvalue weighted by molar-refractivity contribution is -0.143. The van der Waals surface area contributed by atoms with E-state index in [1.54, 1.807) is 0 Å². The molecule has 0 radical (unpaired) electrons. The van der Waals surface area contributed by atoms with Gasteiger partial charge in [0, 0.05) is 13.1 Å². The number of alkyl halides is 7. The number of hydrogen-bond donors (Lipinski definition) is 1. The minimum Gasteiger partial charge on any atom is -0.310 e. The van der Waals surface area contributed by atoms with Crippen molar-refractivity contribution in [2.45, 2.75) is 32.0 Å². The van der Waals surface area contributed by atoms with Crippen LogP contribution < -0.4 is 5.32 Å². The largest absolute Gasteiger partial charge is 0.416 e. The Balaban J connectivity index is 3.05. The molecule has 0 aliphatic rings. The van der Waals surface area contributed by atoms with Gasteiger partial charge in [-0.1, -0.05) is 6.07 Å². The summed E-state index contributed by atoms with van der Waals surface area (Å²) in [6.07, 6.45) is -11.0. The smallest absolute Gasteiger partial charge is 0.310 e. The van der Waals surface area contributed by atoms with Crippen molar-refractivity contribution in [2.24, 2.45) is 0 Å². The minimum atomic E-state index is -4.90. The number of hydrogen-bond acceptors (Lipinski definition) is 1. The fraction of sp³-hybridized carbons (Fsp3) is 0.500. The molecule has 0 aromatic heterocycles. The Bertz CT molecular complexity index is 448. The van der Waals surface area contributed by atoms with E-state index in [4.69, 9.17) is 0 Å². The summed E-state index contributed by atoms with van der Waals surface area (Å²) >= 11 is 0. The Hall–Kier alpha value is -1.31. The van der Waals surface area contributed by atoms with Crippen LogP contribution in [0.4, 0.5) is 30.7 Å². The molecule has 1 atom stereocenters. The zero-order chi connectivity index (χ0) is 15.6. The van der Waals surface area contributed by atoms with Crippen LogP contribution in [0.15, 0.2) is 18.2 Å². The Labute approximate surface area is 110 Å². The molecule has 1 nitrogen and oxygen atoms in total. The second kappa shape index (κ2) is 5.99. The first kappa shape index (κ1) is 16.7. The van der Waals surface area contributed by atoms with E-state index in [1.807, 2.05) is 0 Å². The van der Waals surface area contributed by atoms with Gasteiger partial charge in [0.2, 0.25) is 0 Å². The fourth-order valence-corrected chi connectivity index (χ4v) is 1.58.